The largest absolute Gasteiger partial charge is 0.399 e. The van der Waals surface area contributed by atoms with Gasteiger partial charge in [0, 0.05) is 11.3 Å². The van der Waals surface area contributed by atoms with Gasteiger partial charge >= 0.3 is 0 Å². The number of anilines is 3. The van der Waals surface area contributed by atoms with E-state index in [4.69, 9.17) is 17.2 Å². The molecule has 0 saturated heterocycles. The smallest absolute Gasteiger partial charge is 0.222 e. The maximum atomic E-state index is 6.10. The second kappa shape index (κ2) is 6.36. The van der Waals surface area contributed by atoms with Crippen LogP contribution in [0.25, 0.3) is 11.1 Å². The number of benzene rings is 2. The SMILES string of the molecule is Nc1ccc(-c2c(N)nc(N)nc2CCc2ccccc2)cc1. The monoisotopic (exact) mass is 305 g/mol. The highest BCUT2D eigenvalue weighted by molar-refractivity contribution is 5.77. The number of rotatable bonds is 4. The average molecular weight is 305 g/mol. The summed E-state index contributed by atoms with van der Waals surface area (Å²) >= 11 is 0. The topological polar surface area (TPSA) is 104 Å². The Balaban J connectivity index is 1.96. The predicted molar refractivity (Wildman–Crippen MR) is 94.6 cm³/mol. The third-order valence-electron chi connectivity index (χ3n) is 3.72. The van der Waals surface area contributed by atoms with Crippen LogP contribution in [0.4, 0.5) is 17.5 Å². The molecule has 3 rings (SSSR count). The van der Waals surface area contributed by atoms with Gasteiger partial charge in [0.15, 0.2) is 0 Å². The standard InChI is InChI=1S/C18H19N5/c19-14-9-7-13(8-10-14)16-15(22-18(21)23-17(16)20)11-6-12-4-2-1-3-5-12/h1-5,7-10H,6,11,19H2,(H4,20,21,22,23). The summed E-state index contributed by atoms with van der Waals surface area (Å²) in [5.74, 6) is 0.593. The molecule has 0 aliphatic rings. The van der Waals surface area contributed by atoms with Crippen molar-refractivity contribution in [3.8, 4) is 11.1 Å². The second-order valence-corrected chi connectivity index (χ2v) is 5.40. The molecule has 2 aromatic carbocycles. The van der Waals surface area contributed by atoms with Gasteiger partial charge in [0.2, 0.25) is 5.95 Å². The lowest BCUT2D eigenvalue weighted by atomic mass is 9.99. The van der Waals surface area contributed by atoms with Crippen LogP contribution in [0.2, 0.25) is 0 Å². The Morgan fingerprint density at radius 1 is 0.739 bits per heavy atom. The van der Waals surface area contributed by atoms with E-state index in [9.17, 15) is 0 Å². The van der Waals surface area contributed by atoms with Crippen LogP contribution in [0.5, 0.6) is 0 Å². The lowest BCUT2D eigenvalue weighted by Crippen LogP contribution is -2.08. The van der Waals surface area contributed by atoms with Crippen LogP contribution in [-0.4, -0.2) is 9.97 Å². The van der Waals surface area contributed by atoms with Gasteiger partial charge in [-0.2, -0.15) is 4.98 Å². The third-order valence-corrected chi connectivity index (χ3v) is 3.72. The van der Waals surface area contributed by atoms with E-state index in [1.807, 2.05) is 42.5 Å². The molecule has 0 unspecified atom stereocenters. The Hall–Kier alpha value is -3.08. The first-order valence-electron chi connectivity index (χ1n) is 7.45. The minimum atomic E-state index is 0.199. The lowest BCUT2D eigenvalue weighted by molar-refractivity contribution is 0.910. The molecule has 0 aliphatic carbocycles. The summed E-state index contributed by atoms with van der Waals surface area (Å²) in [6.07, 6.45) is 1.60. The highest BCUT2D eigenvalue weighted by atomic mass is 15.0. The van der Waals surface area contributed by atoms with Crippen LogP contribution in [0.3, 0.4) is 0 Å². The highest BCUT2D eigenvalue weighted by Gasteiger charge is 2.13. The molecular weight excluding hydrogens is 286 g/mol. The van der Waals surface area contributed by atoms with E-state index in [1.165, 1.54) is 5.56 Å². The van der Waals surface area contributed by atoms with Crippen LogP contribution in [-0.2, 0) is 12.8 Å². The van der Waals surface area contributed by atoms with Gasteiger partial charge in [-0.15, -0.1) is 0 Å². The zero-order chi connectivity index (χ0) is 16.2. The summed E-state index contributed by atoms with van der Waals surface area (Å²) in [6, 6.07) is 17.8. The van der Waals surface area contributed by atoms with Gasteiger partial charge in [0.05, 0.1) is 5.69 Å². The van der Waals surface area contributed by atoms with Crippen LogP contribution >= 0.6 is 0 Å². The number of aromatic nitrogens is 2. The van der Waals surface area contributed by atoms with Crippen molar-refractivity contribution in [3.63, 3.8) is 0 Å². The predicted octanol–water partition coefficient (Wildman–Crippen LogP) is 2.68. The van der Waals surface area contributed by atoms with E-state index in [2.05, 4.69) is 22.1 Å². The van der Waals surface area contributed by atoms with Gasteiger partial charge in [-0.05, 0) is 36.1 Å². The summed E-state index contributed by atoms with van der Waals surface area (Å²) in [5, 5.41) is 0. The molecule has 0 bridgehead atoms. The fraction of sp³-hybridized carbons (Fsp3) is 0.111. The molecule has 6 N–H and O–H groups in total. The zero-order valence-electron chi connectivity index (χ0n) is 12.7. The first-order valence-corrected chi connectivity index (χ1v) is 7.45. The number of hydrogen-bond acceptors (Lipinski definition) is 5. The maximum Gasteiger partial charge on any atom is 0.222 e. The molecule has 116 valence electrons. The molecule has 0 spiro atoms. The van der Waals surface area contributed by atoms with Crippen molar-refractivity contribution in [2.24, 2.45) is 0 Å². The number of hydrogen-bond donors (Lipinski definition) is 3. The Kier molecular flexibility index (Phi) is 4.10. The van der Waals surface area contributed by atoms with Crippen molar-refractivity contribution in [1.29, 1.82) is 0 Å². The fourth-order valence-electron chi connectivity index (χ4n) is 2.60. The Bertz CT molecular complexity index is 798. The van der Waals surface area contributed by atoms with Gasteiger partial charge in [0.25, 0.3) is 0 Å². The Morgan fingerprint density at radius 2 is 1.43 bits per heavy atom. The first-order chi connectivity index (χ1) is 11.1. The van der Waals surface area contributed by atoms with Crippen LogP contribution in [0.15, 0.2) is 54.6 Å². The second-order valence-electron chi connectivity index (χ2n) is 5.40. The molecule has 0 fully saturated rings. The summed E-state index contributed by atoms with van der Waals surface area (Å²) in [7, 11) is 0. The summed E-state index contributed by atoms with van der Waals surface area (Å²) in [6.45, 7) is 0. The van der Waals surface area contributed by atoms with Gasteiger partial charge in [-0.25, -0.2) is 4.98 Å². The van der Waals surface area contributed by atoms with Crippen molar-refractivity contribution < 1.29 is 0 Å². The summed E-state index contributed by atoms with van der Waals surface area (Å²) < 4.78 is 0. The van der Waals surface area contributed by atoms with E-state index >= 15 is 0 Å². The average Bonchev–Trinajstić information content (AvgIpc) is 2.55. The van der Waals surface area contributed by atoms with Gasteiger partial charge < -0.3 is 17.2 Å². The number of aryl methyl sites for hydroxylation is 2. The molecule has 1 aromatic heterocycles. The summed E-state index contributed by atoms with van der Waals surface area (Å²) in [5.41, 5.74) is 22.2. The molecule has 0 atom stereocenters. The van der Waals surface area contributed by atoms with Crippen molar-refractivity contribution in [1.82, 2.24) is 9.97 Å². The normalized spacial score (nSPS) is 10.6. The van der Waals surface area contributed by atoms with E-state index < -0.39 is 0 Å². The molecule has 5 heteroatoms. The van der Waals surface area contributed by atoms with Gasteiger partial charge in [-0.3, -0.25) is 0 Å². The van der Waals surface area contributed by atoms with Crippen molar-refractivity contribution in [3.05, 3.63) is 65.9 Å². The lowest BCUT2D eigenvalue weighted by Gasteiger charge is -2.12. The van der Waals surface area contributed by atoms with Crippen molar-refractivity contribution in [2.75, 3.05) is 17.2 Å². The molecule has 0 aliphatic heterocycles. The van der Waals surface area contributed by atoms with Crippen LogP contribution in [0, 0.1) is 0 Å². The van der Waals surface area contributed by atoms with E-state index in [0.717, 1.165) is 29.7 Å². The Labute approximate surface area is 135 Å². The molecule has 1 heterocycles. The third kappa shape index (κ3) is 3.40. The Morgan fingerprint density at radius 3 is 2.13 bits per heavy atom. The minimum Gasteiger partial charge on any atom is -0.399 e. The van der Waals surface area contributed by atoms with E-state index in [1.54, 1.807) is 0 Å². The van der Waals surface area contributed by atoms with Crippen LogP contribution < -0.4 is 17.2 Å². The maximum absolute atomic E-state index is 6.10. The van der Waals surface area contributed by atoms with Crippen molar-refractivity contribution in [2.45, 2.75) is 12.8 Å². The highest BCUT2D eigenvalue weighted by Crippen LogP contribution is 2.29. The van der Waals surface area contributed by atoms with Crippen molar-refractivity contribution >= 4 is 17.5 Å². The first kappa shape index (κ1) is 14.8. The van der Waals surface area contributed by atoms with Gasteiger partial charge in [0.1, 0.15) is 5.82 Å². The molecule has 3 aromatic rings. The van der Waals surface area contributed by atoms with Crippen LogP contribution in [0.1, 0.15) is 11.3 Å². The molecule has 0 radical (unpaired) electrons. The molecule has 0 saturated carbocycles. The van der Waals surface area contributed by atoms with E-state index in [-0.39, 0.29) is 5.95 Å². The molecule has 0 amide bonds. The minimum absolute atomic E-state index is 0.199. The fourth-order valence-corrected chi connectivity index (χ4v) is 2.60. The number of nitrogens with two attached hydrogens (primary N) is 3. The molecular formula is C18H19N5. The summed E-state index contributed by atoms with van der Waals surface area (Å²) in [4.78, 5) is 8.50. The van der Waals surface area contributed by atoms with Gasteiger partial charge in [-0.1, -0.05) is 42.5 Å². The van der Waals surface area contributed by atoms with E-state index in [0.29, 0.717) is 11.5 Å². The molecule has 23 heavy (non-hydrogen) atoms. The quantitative estimate of drug-likeness (QED) is 0.643. The molecule has 5 nitrogen and oxygen atoms in total. The zero-order valence-corrected chi connectivity index (χ0v) is 12.7. The number of nitrogen functional groups attached to an aromatic ring is 3. The number of nitrogens with zero attached hydrogens (tertiary/aromatic N) is 2.